The average molecular weight is 280 g/mol. The van der Waals surface area contributed by atoms with Crippen molar-refractivity contribution >= 4 is 15.9 Å². The molecule has 0 fully saturated rings. The summed E-state index contributed by atoms with van der Waals surface area (Å²) in [7, 11) is -0.534. The largest absolute Gasteiger partial charge is 0.342 e. The monoisotopic (exact) mass is 280 g/mol. The maximum atomic E-state index is 11.7. The van der Waals surface area contributed by atoms with Crippen LogP contribution in [0.15, 0.2) is 30.5 Å². The number of benzene rings is 1. The van der Waals surface area contributed by atoms with Crippen molar-refractivity contribution < 1.29 is 8.42 Å². The van der Waals surface area contributed by atoms with Crippen LogP contribution in [0.5, 0.6) is 0 Å². The summed E-state index contributed by atoms with van der Waals surface area (Å²) >= 11 is 0. The summed E-state index contributed by atoms with van der Waals surface area (Å²) in [5.74, 6) is 0.814. The standard InChI is InChI=1S/C12H16N4O2S/c1-9-13-8-12(14-9)10-5-4-6-11(7-10)15-19(17,18)16(2)3/h4-8,15H,1-3H3,(H,13,14). The quantitative estimate of drug-likeness (QED) is 0.893. The number of anilines is 1. The van der Waals surface area contributed by atoms with E-state index in [-0.39, 0.29) is 0 Å². The van der Waals surface area contributed by atoms with Crippen molar-refractivity contribution in [1.82, 2.24) is 14.3 Å². The van der Waals surface area contributed by atoms with E-state index < -0.39 is 10.2 Å². The molecule has 0 atom stereocenters. The van der Waals surface area contributed by atoms with E-state index >= 15 is 0 Å². The van der Waals surface area contributed by atoms with Gasteiger partial charge in [-0.15, -0.1) is 0 Å². The first-order valence-electron chi connectivity index (χ1n) is 5.71. The van der Waals surface area contributed by atoms with Crippen LogP contribution in [-0.2, 0) is 10.2 Å². The molecule has 19 heavy (non-hydrogen) atoms. The first kappa shape index (κ1) is 13.6. The SMILES string of the molecule is Cc1ncc(-c2cccc(NS(=O)(=O)N(C)C)c2)[nH]1. The first-order chi connectivity index (χ1) is 8.88. The Labute approximate surface area is 112 Å². The number of nitrogens with zero attached hydrogens (tertiary/aromatic N) is 2. The lowest BCUT2D eigenvalue weighted by molar-refractivity contribution is 0.527. The van der Waals surface area contributed by atoms with Crippen molar-refractivity contribution in [3.05, 3.63) is 36.3 Å². The highest BCUT2D eigenvalue weighted by Gasteiger charge is 2.13. The molecule has 0 aliphatic rings. The van der Waals surface area contributed by atoms with Crippen LogP contribution < -0.4 is 4.72 Å². The predicted molar refractivity (Wildman–Crippen MR) is 75.0 cm³/mol. The molecule has 7 heteroatoms. The van der Waals surface area contributed by atoms with Gasteiger partial charge in [-0.1, -0.05) is 12.1 Å². The number of H-pyrrole nitrogens is 1. The number of imidazole rings is 1. The van der Waals surface area contributed by atoms with Crippen LogP contribution in [0, 0.1) is 6.92 Å². The molecule has 1 aromatic heterocycles. The zero-order chi connectivity index (χ0) is 14.0. The van der Waals surface area contributed by atoms with Gasteiger partial charge in [0.05, 0.1) is 17.6 Å². The fourth-order valence-electron chi connectivity index (χ4n) is 1.56. The van der Waals surface area contributed by atoms with Crippen molar-refractivity contribution in [2.24, 2.45) is 0 Å². The number of rotatable bonds is 4. The van der Waals surface area contributed by atoms with E-state index in [0.717, 1.165) is 21.4 Å². The van der Waals surface area contributed by atoms with E-state index in [2.05, 4.69) is 14.7 Å². The summed E-state index contributed by atoms with van der Waals surface area (Å²) in [6.07, 6.45) is 1.72. The van der Waals surface area contributed by atoms with Gasteiger partial charge in [-0.3, -0.25) is 4.72 Å². The summed E-state index contributed by atoms with van der Waals surface area (Å²) in [5, 5.41) is 0. The molecule has 0 aliphatic carbocycles. The molecule has 6 nitrogen and oxygen atoms in total. The third-order valence-corrected chi connectivity index (χ3v) is 4.06. The molecule has 0 spiro atoms. The summed E-state index contributed by atoms with van der Waals surface area (Å²) in [6, 6.07) is 7.14. The minimum Gasteiger partial charge on any atom is -0.342 e. The molecule has 102 valence electrons. The molecule has 0 radical (unpaired) electrons. The van der Waals surface area contributed by atoms with Gasteiger partial charge < -0.3 is 4.98 Å². The smallest absolute Gasteiger partial charge is 0.301 e. The zero-order valence-electron chi connectivity index (χ0n) is 11.0. The topological polar surface area (TPSA) is 78.1 Å². The Morgan fingerprint density at radius 2 is 2.05 bits per heavy atom. The Kier molecular flexibility index (Phi) is 3.59. The van der Waals surface area contributed by atoms with Gasteiger partial charge >= 0.3 is 10.2 Å². The number of hydrogen-bond donors (Lipinski definition) is 2. The van der Waals surface area contributed by atoms with E-state index in [0.29, 0.717) is 5.69 Å². The predicted octanol–water partition coefficient (Wildman–Crippen LogP) is 1.60. The van der Waals surface area contributed by atoms with Crippen LogP contribution in [0.4, 0.5) is 5.69 Å². The Morgan fingerprint density at radius 3 is 2.63 bits per heavy atom. The first-order valence-corrected chi connectivity index (χ1v) is 7.15. The van der Waals surface area contributed by atoms with Gasteiger partial charge in [0, 0.05) is 19.7 Å². The maximum Gasteiger partial charge on any atom is 0.301 e. The molecule has 0 aliphatic heterocycles. The highest BCUT2D eigenvalue weighted by atomic mass is 32.2. The second-order valence-corrected chi connectivity index (χ2v) is 6.24. The van der Waals surface area contributed by atoms with Gasteiger partial charge in [0.25, 0.3) is 0 Å². The van der Waals surface area contributed by atoms with Crippen molar-refractivity contribution in [3.8, 4) is 11.3 Å². The Morgan fingerprint density at radius 1 is 1.32 bits per heavy atom. The lowest BCUT2D eigenvalue weighted by Crippen LogP contribution is -2.28. The lowest BCUT2D eigenvalue weighted by atomic mass is 10.1. The van der Waals surface area contributed by atoms with Gasteiger partial charge in [-0.05, 0) is 19.1 Å². The fraction of sp³-hybridized carbons (Fsp3) is 0.250. The average Bonchev–Trinajstić information content (AvgIpc) is 2.75. The molecule has 1 heterocycles. The molecule has 0 unspecified atom stereocenters. The van der Waals surface area contributed by atoms with Crippen molar-refractivity contribution in [2.75, 3.05) is 18.8 Å². The van der Waals surface area contributed by atoms with Crippen LogP contribution in [0.2, 0.25) is 0 Å². The van der Waals surface area contributed by atoms with Crippen LogP contribution in [0.3, 0.4) is 0 Å². The normalized spacial score (nSPS) is 11.8. The molecule has 0 saturated carbocycles. The summed E-state index contributed by atoms with van der Waals surface area (Å²) in [5.41, 5.74) is 2.24. The van der Waals surface area contributed by atoms with Gasteiger partial charge in [0.1, 0.15) is 5.82 Å². The van der Waals surface area contributed by atoms with E-state index in [9.17, 15) is 8.42 Å². The molecule has 2 N–H and O–H groups in total. The van der Waals surface area contributed by atoms with E-state index in [4.69, 9.17) is 0 Å². The highest BCUT2D eigenvalue weighted by Crippen LogP contribution is 2.21. The van der Waals surface area contributed by atoms with Crippen LogP contribution in [-0.4, -0.2) is 36.8 Å². The van der Waals surface area contributed by atoms with Gasteiger partial charge in [-0.2, -0.15) is 12.7 Å². The molecule has 2 rings (SSSR count). The summed E-state index contributed by atoms with van der Waals surface area (Å²) in [6.45, 7) is 1.86. The van der Waals surface area contributed by atoms with Crippen LogP contribution >= 0.6 is 0 Å². The number of hydrogen-bond acceptors (Lipinski definition) is 3. The minimum atomic E-state index is -3.49. The number of aromatic amines is 1. The number of aryl methyl sites for hydroxylation is 1. The number of nitrogens with one attached hydrogen (secondary N) is 2. The van der Waals surface area contributed by atoms with Crippen molar-refractivity contribution in [1.29, 1.82) is 0 Å². The fourth-order valence-corrected chi connectivity index (χ4v) is 2.17. The Bertz CT molecular complexity index is 677. The zero-order valence-corrected chi connectivity index (χ0v) is 11.8. The molecule has 1 aromatic carbocycles. The van der Waals surface area contributed by atoms with Crippen LogP contribution in [0.1, 0.15) is 5.82 Å². The summed E-state index contributed by atoms with van der Waals surface area (Å²) in [4.78, 5) is 7.23. The summed E-state index contributed by atoms with van der Waals surface area (Å²) < 4.78 is 27.1. The van der Waals surface area contributed by atoms with Crippen molar-refractivity contribution in [2.45, 2.75) is 6.92 Å². The van der Waals surface area contributed by atoms with Gasteiger partial charge in [0.15, 0.2) is 0 Å². The van der Waals surface area contributed by atoms with Gasteiger partial charge in [-0.25, -0.2) is 4.98 Å². The third kappa shape index (κ3) is 3.12. The molecular weight excluding hydrogens is 264 g/mol. The lowest BCUT2D eigenvalue weighted by Gasteiger charge is -2.13. The van der Waals surface area contributed by atoms with E-state index in [1.165, 1.54) is 14.1 Å². The molecule has 0 saturated heterocycles. The van der Waals surface area contributed by atoms with Crippen LogP contribution in [0.25, 0.3) is 11.3 Å². The molecule has 0 amide bonds. The minimum absolute atomic E-state index is 0.512. The Hall–Kier alpha value is -1.86. The molecule has 2 aromatic rings. The second kappa shape index (κ2) is 5.02. The third-order valence-electron chi connectivity index (χ3n) is 2.60. The maximum absolute atomic E-state index is 11.7. The van der Waals surface area contributed by atoms with Gasteiger partial charge in [0.2, 0.25) is 0 Å². The molecule has 0 bridgehead atoms. The van der Waals surface area contributed by atoms with E-state index in [1.54, 1.807) is 24.4 Å². The highest BCUT2D eigenvalue weighted by molar-refractivity contribution is 7.90. The second-order valence-electron chi connectivity index (χ2n) is 4.35. The van der Waals surface area contributed by atoms with E-state index in [1.807, 2.05) is 13.0 Å². The van der Waals surface area contributed by atoms with Crippen molar-refractivity contribution in [3.63, 3.8) is 0 Å². The molecular formula is C12H16N4O2S. The Balaban J connectivity index is 2.30. The number of aromatic nitrogens is 2.